The lowest BCUT2D eigenvalue weighted by atomic mass is 10.2. The Balaban J connectivity index is 1.52. The fourth-order valence-electron chi connectivity index (χ4n) is 3.30. The standard InChI is InChI=1S/C20H17N5O4/c1-11-28-16-10-12(9-15(27-2)18(16)29-11)22-17-7-8-21-19(24-17)25-14-6-4-3-5-13(14)23-20(25)26/h3-11H,1-2H3,(H,23,26)(H,21,22,24). The van der Waals surface area contributed by atoms with Crippen molar-refractivity contribution in [3.05, 3.63) is 59.1 Å². The molecular weight excluding hydrogens is 374 g/mol. The Morgan fingerprint density at radius 2 is 2.07 bits per heavy atom. The number of nitrogens with one attached hydrogen (secondary N) is 2. The first-order valence-electron chi connectivity index (χ1n) is 8.98. The van der Waals surface area contributed by atoms with Crippen molar-refractivity contribution in [1.82, 2.24) is 19.5 Å². The van der Waals surface area contributed by atoms with Crippen molar-refractivity contribution in [3.8, 4) is 23.2 Å². The monoisotopic (exact) mass is 391 g/mol. The molecule has 2 aromatic heterocycles. The molecule has 9 nitrogen and oxygen atoms in total. The first kappa shape index (κ1) is 17.1. The van der Waals surface area contributed by atoms with Gasteiger partial charge in [0.1, 0.15) is 5.82 Å². The summed E-state index contributed by atoms with van der Waals surface area (Å²) in [6.45, 7) is 1.81. The SMILES string of the molecule is COc1cc(Nc2ccnc(-n3c(=O)[nH]c4ccccc43)n2)cc2c1OC(C)O2. The Bertz CT molecular complexity index is 1280. The van der Waals surface area contributed by atoms with E-state index in [2.05, 4.69) is 20.3 Å². The Morgan fingerprint density at radius 3 is 2.93 bits per heavy atom. The summed E-state index contributed by atoms with van der Waals surface area (Å²) >= 11 is 0. The number of nitrogens with zero attached hydrogens (tertiary/aromatic N) is 3. The van der Waals surface area contributed by atoms with Gasteiger partial charge < -0.3 is 24.5 Å². The van der Waals surface area contributed by atoms with Gasteiger partial charge in [-0.15, -0.1) is 0 Å². The number of benzene rings is 2. The van der Waals surface area contributed by atoms with Gasteiger partial charge in [0.15, 0.2) is 11.5 Å². The van der Waals surface area contributed by atoms with Gasteiger partial charge in [-0.05, 0) is 18.2 Å². The van der Waals surface area contributed by atoms with Gasteiger partial charge in [-0.3, -0.25) is 0 Å². The average Bonchev–Trinajstić information content (AvgIpc) is 3.25. The summed E-state index contributed by atoms with van der Waals surface area (Å²) in [5.74, 6) is 2.48. The van der Waals surface area contributed by atoms with Crippen LogP contribution in [0.3, 0.4) is 0 Å². The van der Waals surface area contributed by atoms with Gasteiger partial charge in [0.25, 0.3) is 0 Å². The molecule has 1 aliphatic heterocycles. The number of imidazole rings is 1. The number of para-hydroxylation sites is 2. The molecule has 29 heavy (non-hydrogen) atoms. The lowest BCUT2D eigenvalue weighted by Crippen LogP contribution is -2.17. The van der Waals surface area contributed by atoms with Crippen molar-refractivity contribution >= 4 is 22.5 Å². The molecule has 0 bridgehead atoms. The van der Waals surface area contributed by atoms with Crippen molar-refractivity contribution in [2.45, 2.75) is 13.2 Å². The van der Waals surface area contributed by atoms with Gasteiger partial charge in [0, 0.05) is 30.9 Å². The molecule has 4 aromatic rings. The molecule has 0 spiro atoms. The van der Waals surface area contributed by atoms with Crippen LogP contribution in [0.25, 0.3) is 17.0 Å². The third-order valence-electron chi connectivity index (χ3n) is 4.52. The highest BCUT2D eigenvalue weighted by atomic mass is 16.7. The van der Waals surface area contributed by atoms with E-state index < -0.39 is 0 Å². The van der Waals surface area contributed by atoms with E-state index in [1.54, 1.807) is 31.5 Å². The lowest BCUT2D eigenvalue weighted by molar-refractivity contribution is 0.0664. The van der Waals surface area contributed by atoms with Gasteiger partial charge >= 0.3 is 5.69 Å². The van der Waals surface area contributed by atoms with Crippen LogP contribution >= 0.6 is 0 Å². The average molecular weight is 391 g/mol. The summed E-state index contributed by atoms with van der Waals surface area (Å²) in [5, 5.41) is 3.20. The van der Waals surface area contributed by atoms with Crippen LogP contribution < -0.4 is 25.2 Å². The van der Waals surface area contributed by atoms with E-state index >= 15 is 0 Å². The van der Waals surface area contributed by atoms with Crippen LogP contribution in [0.1, 0.15) is 6.92 Å². The normalized spacial score (nSPS) is 14.9. The molecule has 9 heteroatoms. The van der Waals surface area contributed by atoms with Gasteiger partial charge in [-0.1, -0.05) is 12.1 Å². The summed E-state index contributed by atoms with van der Waals surface area (Å²) in [4.78, 5) is 24.0. The lowest BCUT2D eigenvalue weighted by Gasteiger charge is -2.10. The van der Waals surface area contributed by atoms with E-state index in [-0.39, 0.29) is 17.9 Å². The zero-order chi connectivity index (χ0) is 20.0. The molecule has 2 aromatic carbocycles. The molecule has 0 aliphatic carbocycles. The minimum Gasteiger partial charge on any atom is -0.493 e. The summed E-state index contributed by atoms with van der Waals surface area (Å²) in [5.41, 5.74) is 1.82. The van der Waals surface area contributed by atoms with Gasteiger partial charge in [0.2, 0.25) is 18.0 Å². The first-order chi connectivity index (χ1) is 14.1. The molecule has 0 saturated carbocycles. The van der Waals surface area contributed by atoms with Crippen molar-refractivity contribution in [2.75, 3.05) is 12.4 Å². The van der Waals surface area contributed by atoms with Crippen molar-refractivity contribution < 1.29 is 14.2 Å². The number of fused-ring (bicyclic) bond motifs is 2. The van der Waals surface area contributed by atoms with Crippen LogP contribution in [0, 0.1) is 0 Å². The third-order valence-corrected chi connectivity index (χ3v) is 4.52. The molecule has 0 fully saturated rings. The van der Waals surface area contributed by atoms with Crippen LogP contribution in [0.15, 0.2) is 53.5 Å². The summed E-state index contributed by atoms with van der Waals surface area (Å²) in [6, 6.07) is 12.7. The van der Waals surface area contributed by atoms with Crippen LogP contribution in [0.5, 0.6) is 17.2 Å². The molecule has 2 N–H and O–H groups in total. The number of rotatable bonds is 4. The number of hydrogen-bond donors (Lipinski definition) is 2. The fourth-order valence-corrected chi connectivity index (χ4v) is 3.30. The molecule has 146 valence electrons. The van der Waals surface area contributed by atoms with Crippen molar-refractivity contribution in [3.63, 3.8) is 0 Å². The van der Waals surface area contributed by atoms with E-state index in [1.807, 2.05) is 31.2 Å². The van der Waals surface area contributed by atoms with Crippen LogP contribution in [0.2, 0.25) is 0 Å². The van der Waals surface area contributed by atoms with Crippen molar-refractivity contribution in [2.24, 2.45) is 0 Å². The minimum absolute atomic E-state index is 0.263. The van der Waals surface area contributed by atoms with Crippen LogP contribution in [-0.2, 0) is 0 Å². The highest BCUT2D eigenvalue weighted by molar-refractivity contribution is 5.76. The molecule has 3 heterocycles. The number of ether oxygens (including phenoxy) is 3. The van der Waals surface area contributed by atoms with Gasteiger partial charge in [-0.25, -0.2) is 14.3 Å². The highest BCUT2D eigenvalue weighted by Crippen LogP contribution is 2.45. The molecule has 0 saturated heterocycles. The topological polar surface area (TPSA) is 103 Å². The number of H-pyrrole nitrogens is 1. The fraction of sp³-hybridized carbons (Fsp3) is 0.150. The maximum atomic E-state index is 12.4. The van der Waals surface area contributed by atoms with Gasteiger partial charge in [-0.2, -0.15) is 4.98 Å². The number of methoxy groups -OCH3 is 1. The highest BCUT2D eigenvalue weighted by Gasteiger charge is 2.25. The quantitative estimate of drug-likeness (QED) is 0.551. The molecule has 5 rings (SSSR count). The van der Waals surface area contributed by atoms with E-state index in [1.165, 1.54) is 4.57 Å². The summed E-state index contributed by atoms with van der Waals surface area (Å²) < 4.78 is 18.1. The van der Waals surface area contributed by atoms with E-state index in [0.29, 0.717) is 39.8 Å². The molecule has 1 atom stereocenters. The van der Waals surface area contributed by atoms with E-state index in [0.717, 1.165) is 0 Å². The number of hydrogen-bond acceptors (Lipinski definition) is 7. The van der Waals surface area contributed by atoms with E-state index in [9.17, 15) is 4.79 Å². The zero-order valence-corrected chi connectivity index (χ0v) is 15.7. The summed E-state index contributed by atoms with van der Waals surface area (Å²) in [6.07, 6.45) is 1.21. The maximum absolute atomic E-state index is 12.4. The van der Waals surface area contributed by atoms with Crippen LogP contribution in [-0.4, -0.2) is 32.9 Å². The Morgan fingerprint density at radius 1 is 1.21 bits per heavy atom. The smallest absolute Gasteiger partial charge is 0.333 e. The first-order valence-corrected chi connectivity index (χ1v) is 8.98. The van der Waals surface area contributed by atoms with Crippen LogP contribution in [0.4, 0.5) is 11.5 Å². The van der Waals surface area contributed by atoms with Gasteiger partial charge in [0.05, 0.1) is 18.1 Å². The largest absolute Gasteiger partial charge is 0.493 e. The maximum Gasteiger partial charge on any atom is 0.333 e. The second-order valence-electron chi connectivity index (χ2n) is 6.46. The predicted octanol–water partition coefficient (Wildman–Crippen LogP) is 2.98. The van der Waals surface area contributed by atoms with Crippen molar-refractivity contribution in [1.29, 1.82) is 0 Å². The second-order valence-corrected chi connectivity index (χ2v) is 6.46. The molecule has 1 unspecified atom stereocenters. The zero-order valence-electron chi connectivity index (χ0n) is 15.7. The number of anilines is 2. The number of aromatic amines is 1. The summed E-state index contributed by atoms with van der Waals surface area (Å²) in [7, 11) is 1.57. The molecule has 0 amide bonds. The Kier molecular flexibility index (Phi) is 3.87. The molecule has 1 aliphatic rings. The Labute approximate surface area is 164 Å². The molecule has 0 radical (unpaired) electrons. The minimum atomic E-state index is -0.381. The number of aromatic nitrogens is 4. The Hall–Kier alpha value is -4.01. The van der Waals surface area contributed by atoms with E-state index in [4.69, 9.17) is 14.2 Å². The third kappa shape index (κ3) is 2.92. The second kappa shape index (κ2) is 6.55. The molecular formula is C20H17N5O4. The predicted molar refractivity (Wildman–Crippen MR) is 106 cm³/mol.